The second-order valence-corrected chi connectivity index (χ2v) is 6.83. The summed E-state index contributed by atoms with van der Waals surface area (Å²) in [5.74, 6) is 2.57. The summed E-state index contributed by atoms with van der Waals surface area (Å²) in [5, 5.41) is 3.70. The van der Waals surface area contributed by atoms with Gasteiger partial charge >= 0.3 is 0 Å². The molecule has 3 unspecified atom stereocenters. The van der Waals surface area contributed by atoms with Crippen molar-refractivity contribution < 1.29 is 4.74 Å². The lowest BCUT2D eigenvalue weighted by atomic mass is 9.80. The maximum Gasteiger partial charge on any atom is 0.121 e. The van der Waals surface area contributed by atoms with Crippen molar-refractivity contribution in [2.75, 3.05) is 32.6 Å². The zero-order valence-electron chi connectivity index (χ0n) is 13.9. The number of rotatable bonds is 6. The van der Waals surface area contributed by atoms with E-state index in [2.05, 4.69) is 56.4 Å². The van der Waals surface area contributed by atoms with Crippen LogP contribution in [-0.4, -0.2) is 38.2 Å². The van der Waals surface area contributed by atoms with E-state index in [0.29, 0.717) is 6.04 Å². The molecule has 1 aliphatic rings. The summed E-state index contributed by atoms with van der Waals surface area (Å²) in [5.41, 5.74) is 1.18. The van der Waals surface area contributed by atoms with E-state index in [0.717, 1.165) is 30.7 Å². The van der Waals surface area contributed by atoms with Crippen molar-refractivity contribution in [3.8, 4) is 5.75 Å². The van der Waals surface area contributed by atoms with Crippen LogP contribution in [0.2, 0.25) is 0 Å². The first-order valence-corrected chi connectivity index (χ1v) is 8.18. The molecule has 0 heterocycles. The highest BCUT2D eigenvalue weighted by molar-refractivity contribution is 5.49. The molecule has 2 rings (SSSR count). The van der Waals surface area contributed by atoms with E-state index in [-0.39, 0.29) is 0 Å². The molecule has 0 saturated heterocycles. The summed E-state index contributed by atoms with van der Waals surface area (Å²) in [4.78, 5) is 2.13. The third-order valence-electron chi connectivity index (χ3n) is 4.42. The second-order valence-electron chi connectivity index (χ2n) is 6.83. The van der Waals surface area contributed by atoms with Gasteiger partial charge in [0.15, 0.2) is 0 Å². The van der Waals surface area contributed by atoms with E-state index in [1.165, 1.54) is 24.9 Å². The molecule has 3 nitrogen and oxygen atoms in total. The van der Waals surface area contributed by atoms with Crippen molar-refractivity contribution in [3.05, 3.63) is 24.3 Å². The predicted octanol–water partition coefficient (Wildman–Crippen LogP) is 3.86. The van der Waals surface area contributed by atoms with Crippen molar-refractivity contribution >= 4 is 5.69 Å². The highest BCUT2D eigenvalue weighted by Gasteiger charge is 2.25. The zero-order chi connectivity index (χ0) is 15.2. The Kier molecular flexibility index (Phi) is 5.92. The number of nitrogens with one attached hydrogen (secondary N) is 1. The lowest BCUT2D eigenvalue weighted by Crippen LogP contribution is -2.32. The molecule has 0 spiro atoms. The van der Waals surface area contributed by atoms with Crippen LogP contribution in [0.3, 0.4) is 0 Å². The number of likely N-dealkylation sites (N-methyl/N-ethyl adjacent to an activating group) is 1. The molecule has 0 bridgehead atoms. The molecule has 1 saturated carbocycles. The molecule has 1 aromatic rings. The van der Waals surface area contributed by atoms with Crippen LogP contribution in [0.4, 0.5) is 5.69 Å². The van der Waals surface area contributed by atoms with Gasteiger partial charge in [0.05, 0.1) is 0 Å². The quantitative estimate of drug-likeness (QED) is 0.861. The Balaban J connectivity index is 1.88. The third kappa shape index (κ3) is 5.24. The Morgan fingerprint density at radius 2 is 2.05 bits per heavy atom. The topological polar surface area (TPSA) is 24.5 Å². The van der Waals surface area contributed by atoms with Gasteiger partial charge < -0.3 is 15.0 Å². The van der Waals surface area contributed by atoms with Gasteiger partial charge in [0.2, 0.25) is 0 Å². The molecule has 1 aromatic carbocycles. The number of hydrogen-bond donors (Lipinski definition) is 1. The monoisotopic (exact) mass is 290 g/mol. The fourth-order valence-corrected chi connectivity index (χ4v) is 3.12. The van der Waals surface area contributed by atoms with Crippen molar-refractivity contribution in [1.82, 2.24) is 4.90 Å². The summed E-state index contributed by atoms with van der Waals surface area (Å²) >= 11 is 0. The number of anilines is 1. The van der Waals surface area contributed by atoms with Gasteiger partial charge in [-0.1, -0.05) is 19.9 Å². The van der Waals surface area contributed by atoms with Crippen LogP contribution in [0, 0.1) is 11.8 Å². The molecule has 0 amide bonds. The van der Waals surface area contributed by atoms with Crippen LogP contribution in [0.15, 0.2) is 24.3 Å². The fraction of sp³-hybridized carbons (Fsp3) is 0.667. The van der Waals surface area contributed by atoms with Gasteiger partial charge in [0.1, 0.15) is 12.4 Å². The van der Waals surface area contributed by atoms with Crippen LogP contribution < -0.4 is 10.1 Å². The Bertz CT molecular complexity index is 433. The van der Waals surface area contributed by atoms with Crippen LogP contribution >= 0.6 is 0 Å². The van der Waals surface area contributed by atoms with E-state index in [1.54, 1.807) is 0 Å². The highest BCUT2D eigenvalue weighted by atomic mass is 16.5. The maximum atomic E-state index is 5.81. The van der Waals surface area contributed by atoms with Gasteiger partial charge in [-0.25, -0.2) is 0 Å². The summed E-state index contributed by atoms with van der Waals surface area (Å²) in [6, 6.07) is 8.97. The first kappa shape index (κ1) is 16.2. The average molecular weight is 290 g/mol. The fourth-order valence-electron chi connectivity index (χ4n) is 3.12. The van der Waals surface area contributed by atoms with E-state index in [4.69, 9.17) is 4.74 Å². The molecule has 21 heavy (non-hydrogen) atoms. The van der Waals surface area contributed by atoms with Crippen molar-refractivity contribution in [3.63, 3.8) is 0 Å². The molecule has 1 N–H and O–H groups in total. The van der Waals surface area contributed by atoms with E-state index in [9.17, 15) is 0 Å². The smallest absolute Gasteiger partial charge is 0.121 e. The normalized spacial score (nSPS) is 25.9. The molecule has 0 aromatic heterocycles. The highest BCUT2D eigenvalue weighted by Crippen LogP contribution is 2.31. The second kappa shape index (κ2) is 7.69. The molecule has 1 fully saturated rings. The summed E-state index contributed by atoms with van der Waals surface area (Å²) in [6.45, 7) is 6.40. The summed E-state index contributed by atoms with van der Waals surface area (Å²) in [6.07, 6.45) is 3.94. The van der Waals surface area contributed by atoms with Crippen molar-refractivity contribution in [2.45, 2.75) is 39.2 Å². The molecule has 3 atom stereocenters. The molecule has 1 aliphatic carbocycles. The van der Waals surface area contributed by atoms with Crippen LogP contribution in [0.25, 0.3) is 0 Å². The van der Waals surface area contributed by atoms with Crippen LogP contribution in [-0.2, 0) is 0 Å². The number of nitrogens with zero attached hydrogens (tertiary/aromatic N) is 1. The van der Waals surface area contributed by atoms with Gasteiger partial charge in [-0.05, 0) is 57.3 Å². The SMILES string of the molecule is CC1CCC(Nc2cccc(OCCN(C)C)c2)C(C)C1. The summed E-state index contributed by atoms with van der Waals surface area (Å²) in [7, 11) is 4.12. The van der Waals surface area contributed by atoms with Crippen molar-refractivity contribution in [2.24, 2.45) is 11.8 Å². The molecular weight excluding hydrogens is 260 g/mol. The molecule has 0 aliphatic heterocycles. The Morgan fingerprint density at radius 1 is 1.24 bits per heavy atom. The Hall–Kier alpha value is -1.22. The first-order chi connectivity index (χ1) is 10.0. The Morgan fingerprint density at radius 3 is 2.76 bits per heavy atom. The lowest BCUT2D eigenvalue weighted by Gasteiger charge is -2.33. The predicted molar refractivity (Wildman–Crippen MR) is 90.1 cm³/mol. The minimum absolute atomic E-state index is 0.596. The van der Waals surface area contributed by atoms with Gasteiger partial charge in [0.25, 0.3) is 0 Å². The van der Waals surface area contributed by atoms with Gasteiger partial charge in [-0.15, -0.1) is 0 Å². The van der Waals surface area contributed by atoms with E-state index >= 15 is 0 Å². The van der Waals surface area contributed by atoms with Gasteiger partial charge in [-0.2, -0.15) is 0 Å². The number of ether oxygens (including phenoxy) is 1. The zero-order valence-corrected chi connectivity index (χ0v) is 13.9. The standard InChI is InChI=1S/C18H30N2O/c1-14-8-9-18(15(2)12-14)19-16-6-5-7-17(13-16)21-11-10-20(3)4/h5-7,13-15,18-19H,8-12H2,1-4H3. The first-order valence-electron chi connectivity index (χ1n) is 8.18. The average Bonchev–Trinajstić information content (AvgIpc) is 2.42. The van der Waals surface area contributed by atoms with E-state index in [1.807, 2.05) is 6.07 Å². The third-order valence-corrected chi connectivity index (χ3v) is 4.42. The largest absolute Gasteiger partial charge is 0.492 e. The molecule has 0 radical (unpaired) electrons. The molecular formula is C18H30N2O. The van der Waals surface area contributed by atoms with Crippen molar-refractivity contribution in [1.29, 1.82) is 0 Å². The molecule has 3 heteroatoms. The van der Waals surface area contributed by atoms with Crippen LogP contribution in [0.1, 0.15) is 33.1 Å². The maximum absolute atomic E-state index is 5.81. The Labute approximate surface area is 129 Å². The minimum atomic E-state index is 0.596. The van der Waals surface area contributed by atoms with E-state index < -0.39 is 0 Å². The number of benzene rings is 1. The van der Waals surface area contributed by atoms with Gasteiger partial charge in [-0.3, -0.25) is 0 Å². The summed E-state index contributed by atoms with van der Waals surface area (Å²) < 4.78 is 5.81. The van der Waals surface area contributed by atoms with Gasteiger partial charge in [0, 0.05) is 24.3 Å². The molecule has 118 valence electrons. The minimum Gasteiger partial charge on any atom is -0.492 e. The lowest BCUT2D eigenvalue weighted by molar-refractivity contribution is 0.261. The van der Waals surface area contributed by atoms with Crippen LogP contribution in [0.5, 0.6) is 5.75 Å². The number of hydrogen-bond acceptors (Lipinski definition) is 3.